The minimum atomic E-state index is -3.59. The molecule has 1 aliphatic heterocycles. The third-order valence-electron chi connectivity index (χ3n) is 4.96. The molecule has 1 aromatic rings. The maximum atomic E-state index is 12.9. The number of benzene rings is 1. The van der Waals surface area contributed by atoms with E-state index in [0.717, 1.165) is 11.8 Å². The van der Waals surface area contributed by atoms with Crippen LogP contribution < -0.4 is 16.0 Å². The third kappa shape index (κ3) is 5.24. The van der Waals surface area contributed by atoms with Crippen molar-refractivity contribution in [1.82, 2.24) is 5.32 Å². The van der Waals surface area contributed by atoms with Gasteiger partial charge in [0.2, 0.25) is 11.8 Å². The number of aryl methyl sites for hydroxylation is 1. The first-order valence-corrected chi connectivity index (χ1v) is 10.9. The zero-order valence-corrected chi connectivity index (χ0v) is 18.6. The molecule has 28 heavy (non-hydrogen) atoms. The van der Waals surface area contributed by atoms with Gasteiger partial charge in [-0.1, -0.05) is 26.8 Å². The fourth-order valence-corrected chi connectivity index (χ4v) is 4.32. The van der Waals surface area contributed by atoms with Crippen LogP contribution in [0.4, 0.5) is 11.4 Å². The summed E-state index contributed by atoms with van der Waals surface area (Å²) in [6, 6.07) is 5.15. The SMILES string of the molecule is Cc1ccc(NC(=O)C2(S(C)(=O)=O)CCNCC2)cc1NC(=O)C(C)(C)C.Cl. The lowest BCUT2D eigenvalue weighted by molar-refractivity contribution is -0.123. The molecule has 0 atom stereocenters. The predicted molar refractivity (Wildman–Crippen MR) is 115 cm³/mol. The van der Waals surface area contributed by atoms with Gasteiger partial charge in [-0.3, -0.25) is 9.59 Å². The van der Waals surface area contributed by atoms with Crippen molar-refractivity contribution < 1.29 is 18.0 Å². The molecule has 0 saturated carbocycles. The van der Waals surface area contributed by atoms with Crippen molar-refractivity contribution in [3.05, 3.63) is 23.8 Å². The summed E-state index contributed by atoms with van der Waals surface area (Å²) < 4.78 is 23.3. The maximum absolute atomic E-state index is 12.9. The number of sulfone groups is 1. The van der Waals surface area contributed by atoms with E-state index in [2.05, 4.69) is 16.0 Å². The average molecular weight is 432 g/mol. The van der Waals surface area contributed by atoms with Crippen molar-refractivity contribution in [3.63, 3.8) is 0 Å². The van der Waals surface area contributed by atoms with Gasteiger partial charge in [0, 0.05) is 23.0 Å². The topological polar surface area (TPSA) is 104 Å². The van der Waals surface area contributed by atoms with Crippen molar-refractivity contribution in [2.24, 2.45) is 5.41 Å². The lowest BCUT2D eigenvalue weighted by Crippen LogP contribution is -2.55. The minimum Gasteiger partial charge on any atom is -0.325 e. The van der Waals surface area contributed by atoms with Gasteiger partial charge in [0.15, 0.2) is 14.6 Å². The number of amides is 2. The zero-order valence-electron chi connectivity index (χ0n) is 17.0. The highest BCUT2D eigenvalue weighted by Gasteiger charge is 2.48. The Hall–Kier alpha value is -1.64. The number of nitrogens with one attached hydrogen (secondary N) is 3. The zero-order chi connectivity index (χ0) is 20.5. The van der Waals surface area contributed by atoms with Crippen molar-refractivity contribution >= 4 is 45.4 Å². The molecule has 3 N–H and O–H groups in total. The molecule has 1 aliphatic rings. The van der Waals surface area contributed by atoms with Gasteiger partial charge in [-0.25, -0.2) is 8.42 Å². The summed E-state index contributed by atoms with van der Waals surface area (Å²) in [5.41, 5.74) is 1.34. The van der Waals surface area contributed by atoms with Gasteiger partial charge >= 0.3 is 0 Å². The summed E-state index contributed by atoms with van der Waals surface area (Å²) in [4.78, 5) is 25.2. The molecule has 0 radical (unpaired) electrons. The van der Waals surface area contributed by atoms with Crippen LogP contribution in [0.3, 0.4) is 0 Å². The lowest BCUT2D eigenvalue weighted by Gasteiger charge is -2.34. The van der Waals surface area contributed by atoms with E-state index < -0.39 is 25.9 Å². The molecule has 0 bridgehead atoms. The normalized spacial score (nSPS) is 16.6. The second kappa shape index (κ2) is 8.80. The third-order valence-corrected chi connectivity index (χ3v) is 6.97. The number of anilines is 2. The summed E-state index contributed by atoms with van der Waals surface area (Å²) in [6.07, 6.45) is 1.58. The predicted octanol–water partition coefficient (Wildman–Crippen LogP) is 2.51. The van der Waals surface area contributed by atoms with E-state index in [1.165, 1.54) is 0 Å². The Morgan fingerprint density at radius 1 is 1.11 bits per heavy atom. The highest BCUT2D eigenvalue weighted by molar-refractivity contribution is 7.92. The largest absolute Gasteiger partial charge is 0.325 e. The first-order chi connectivity index (χ1) is 12.4. The van der Waals surface area contributed by atoms with E-state index in [-0.39, 0.29) is 31.2 Å². The molecule has 1 saturated heterocycles. The van der Waals surface area contributed by atoms with E-state index in [4.69, 9.17) is 0 Å². The van der Waals surface area contributed by atoms with Gasteiger partial charge in [0.25, 0.3) is 0 Å². The molecule has 0 spiro atoms. The maximum Gasteiger partial charge on any atom is 0.245 e. The Labute approximate surface area is 173 Å². The molecule has 7 nitrogen and oxygen atoms in total. The molecular formula is C19H30ClN3O4S. The Morgan fingerprint density at radius 2 is 1.68 bits per heavy atom. The molecule has 2 rings (SSSR count). The van der Waals surface area contributed by atoms with Crippen molar-refractivity contribution in [3.8, 4) is 0 Å². The van der Waals surface area contributed by atoms with Crippen LogP contribution in [0, 0.1) is 12.3 Å². The average Bonchev–Trinajstić information content (AvgIpc) is 2.56. The van der Waals surface area contributed by atoms with Crippen molar-refractivity contribution in [2.75, 3.05) is 30.0 Å². The second-order valence-electron chi connectivity index (χ2n) is 8.20. The van der Waals surface area contributed by atoms with Crippen LogP contribution in [0.1, 0.15) is 39.2 Å². The molecule has 1 aromatic carbocycles. The standard InChI is InChI=1S/C19H29N3O4S.ClH/c1-13-6-7-14(12-15(13)22-16(23)18(2,3)4)21-17(24)19(27(5,25)26)8-10-20-11-9-19;/h6-7,12,20H,8-11H2,1-5H3,(H,21,24)(H,22,23);1H. The van der Waals surface area contributed by atoms with Crippen LogP contribution in [0.5, 0.6) is 0 Å². The van der Waals surface area contributed by atoms with Crippen LogP contribution in [0.2, 0.25) is 0 Å². The summed E-state index contributed by atoms with van der Waals surface area (Å²) in [5, 5.41) is 8.70. The van der Waals surface area contributed by atoms with Gasteiger partial charge in [-0.2, -0.15) is 0 Å². The number of carbonyl (C=O) groups excluding carboxylic acids is 2. The summed E-state index contributed by atoms with van der Waals surface area (Å²) in [5.74, 6) is -0.663. The van der Waals surface area contributed by atoms with Gasteiger partial charge in [0.1, 0.15) is 0 Å². The molecule has 0 unspecified atom stereocenters. The molecule has 2 amide bonds. The van der Waals surface area contributed by atoms with E-state index in [1.54, 1.807) is 18.2 Å². The van der Waals surface area contributed by atoms with Crippen LogP contribution >= 0.6 is 12.4 Å². The fourth-order valence-electron chi connectivity index (χ4n) is 2.99. The van der Waals surface area contributed by atoms with Gasteiger partial charge in [-0.05, 0) is 50.6 Å². The first-order valence-electron chi connectivity index (χ1n) is 9.01. The molecule has 0 aromatic heterocycles. The number of hydrogen-bond acceptors (Lipinski definition) is 5. The first kappa shape index (κ1) is 24.4. The minimum absolute atomic E-state index is 0. The van der Waals surface area contributed by atoms with Crippen LogP contribution in [0.15, 0.2) is 18.2 Å². The molecule has 9 heteroatoms. The molecule has 1 heterocycles. The fraction of sp³-hybridized carbons (Fsp3) is 0.579. The summed E-state index contributed by atoms with van der Waals surface area (Å²) in [7, 11) is -3.59. The number of carbonyl (C=O) groups is 2. The van der Waals surface area contributed by atoms with Gasteiger partial charge in [-0.15, -0.1) is 12.4 Å². The summed E-state index contributed by atoms with van der Waals surface area (Å²) >= 11 is 0. The number of halogens is 1. The van der Waals surface area contributed by atoms with Crippen molar-refractivity contribution in [1.29, 1.82) is 0 Å². The quantitative estimate of drug-likeness (QED) is 0.679. The highest BCUT2D eigenvalue weighted by atomic mass is 35.5. The van der Waals surface area contributed by atoms with E-state index in [9.17, 15) is 18.0 Å². The van der Waals surface area contributed by atoms with Crippen molar-refractivity contribution in [2.45, 2.75) is 45.3 Å². The second-order valence-corrected chi connectivity index (χ2v) is 10.5. The number of rotatable bonds is 4. The van der Waals surface area contributed by atoms with E-state index in [1.807, 2.05) is 27.7 Å². The molecule has 0 aliphatic carbocycles. The molecular weight excluding hydrogens is 402 g/mol. The van der Waals surface area contributed by atoms with Gasteiger partial charge in [0.05, 0.1) is 0 Å². The smallest absolute Gasteiger partial charge is 0.245 e. The van der Waals surface area contributed by atoms with E-state index in [0.29, 0.717) is 24.5 Å². The monoisotopic (exact) mass is 431 g/mol. The van der Waals surface area contributed by atoms with Gasteiger partial charge < -0.3 is 16.0 Å². The Kier molecular flexibility index (Phi) is 7.67. The molecule has 1 fully saturated rings. The highest BCUT2D eigenvalue weighted by Crippen LogP contribution is 2.30. The lowest BCUT2D eigenvalue weighted by atomic mass is 9.95. The Bertz CT molecular complexity index is 841. The molecule has 158 valence electrons. The number of piperidine rings is 1. The number of hydrogen-bond donors (Lipinski definition) is 3. The Balaban J connectivity index is 0.00000392. The summed E-state index contributed by atoms with van der Waals surface area (Å²) in [6.45, 7) is 8.25. The Morgan fingerprint density at radius 3 is 2.18 bits per heavy atom. The van der Waals surface area contributed by atoms with Crippen LogP contribution in [-0.4, -0.2) is 44.3 Å². The van der Waals surface area contributed by atoms with E-state index >= 15 is 0 Å². The van der Waals surface area contributed by atoms with Crippen LogP contribution in [-0.2, 0) is 19.4 Å². The van der Waals surface area contributed by atoms with Crippen LogP contribution in [0.25, 0.3) is 0 Å².